The standard InChI is InChI=1S/C16H17N5O5S3/c1-27-16(18-10-17)19-14-9-13(6-7-15(14)22)29(25,26)21-12-5-3-4-11(8-12)20-28(2,23)24/h3-9,20-22H,1-2H3,(H,18,19). The number of nitrogens with one attached hydrogen (secondary N) is 3. The molecule has 0 fully saturated rings. The lowest BCUT2D eigenvalue weighted by atomic mass is 10.3. The van der Waals surface area contributed by atoms with Gasteiger partial charge in [0, 0.05) is 0 Å². The van der Waals surface area contributed by atoms with Crippen LogP contribution in [0.5, 0.6) is 5.75 Å². The Morgan fingerprint density at radius 2 is 1.76 bits per heavy atom. The number of aromatic hydroxyl groups is 1. The Balaban J connectivity index is 2.36. The number of benzene rings is 2. The van der Waals surface area contributed by atoms with Crippen LogP contribution in [-0.2, 0) is 20.0 Å². The second kappa shape index (κ2) is 9.03. The number of amidine groups is 1. The molecule has 0 saturated heterocycles. The summed E-state index contributed by atoms with van der Waals surface area (Å²) in [5, 5.41) is 21.1. The fourth-order valence-corrected chi connectivity index (χ4v) is 4.08. The van der Waals surface area contributed by atoms with E-state index in [9.17, 15) is 21.9 Å². The van der Waals surface area contributed by atoms with Gasteiger partial charge in [-0.25, -0.2) is 21.8 Å². The highest BCUT2D eigenvalue weighted by Gasteiger charge is 2.17. The van der Waals surface area contributed by atoms with Crippen LogP contribution in [0, 0.1) is 11.5 Å². The van der Waals surface area contributed by atoms with Gasteiger partial charge in [-0.2, -0.15) is 5.26 Å². The summed E-state index contributed by atoms with van der Waals surface area (Å²) < 4.78 is 52.6. The maximum absolute atomic E-state index is 12.7. The van der Waals surface area contributed by atoms with Crippen LogP contribution in [0.2, 0.25) is 0 Å². The Kier molecular flexibility index (Phi) is 6.96. The van der Waals surface area contributed by atoms with E-state index in [2.05, 4.69) is 19.8 Å². The van der Waals surface area contributed by atoms with E-state index in [0.717, 1.165) is 24.1 Å². The molecule has 2 aromatic rings. The van der Waals surface area contributed by atoms with Gasteiger partial charge in [0.25, 0.3) is 10.0 Å². The first-order valence-corrected chi connectivity index (χ1v) is 12.4. The van der Waals surface area contributed by atoms with Gasteiger partial charge in [-0.3, -0.25) is 14.8 Å². The molecule has 0 aromatic heterocycles. The summed E-state index contributed by atoms with van der Waals surface area (Å²) in [5.74, 6) is -0.269. The monoisotopic (exact) mass is 455 g/mol. The highest BCUT2D eigenvalue weighted by Crippen LogP contribution is 2.31. The first kappa shape index (κ1) is 22.3. The molecular weight excluding hydrogens is 438 g/mol. The van der Waals surface area contributed by atoms with Gasteiger partial charge < -0.3 is 5.11 Å². The molecule has 0 radical (unpaired) electrons. The lowest BCUT2D eigenvalue weighted by Gasteiger charge is -2.11. The van der Waals surface area contributed by atoms with Gasteiger partial charge in [-0.15, -0.1) is 0 Å². The second-order valence-corrected chi connectivity index (χ2v) is 9.79. The van der Waals surface area contributed by atoms with E-state index in [1.165, 1.54) is 36.4 Å². The molecule has 0 bridgehead atoms. The van der Waals surface area contributed by atoms with Crippen LogP contribution in [-0.4, -0.2) is 39.6 Å². The number of aliphatic imine (C=N–C) groups is 1. The van der Waals surface area contributed by atoms with E-state index in [1.54, 1.807) is 12.4 Å². The summed E-state index contributed by atoms with van der Waals surface area (Å²) in [7, 11) is -7.59. The average Bonchev–Trinajstić information content (AvgIpc) is 2.61. The molecule has 0 spiro atoms. The van der Waals surface area contributed by atoms with Crippen LogP contribution in [0.4, 0.5) is 17.1 Å². The Bertz CT molecular complexity index is 1190. The summed E-state index contributed by atoms with van der Waals surface area (Å²) in [6.07, 6.45) is 4.33. The lowest BCUT2D eigenvalue weighted by Crippen LogP contribution is -2.14. The summed E-state index contributed by atoms with van der Waals surface area (Å²) in [5.41, 5.74) is 0.274. The quantitative estimate of drug-likeness (QED) is 0.222. The van der Waals surface area contributed by atoms with Gasteiger partial charge >= 0.3 is 0 Å². The number of hydrogen-bond donors (Lipinski definition) is 4. The first-order chi connectivity index (χ1) is 13.5. The number of phenols is 1. The van der Waals surface area contributed by atoms with Gasteiger partial charge in [-0.1, -0.05) is 17.8 Å². The zero-order valence-corrected chi connectivity index (χ0v) is 17.7. The molecule has 0 saturated carbocycles. The van der Waals surface area contributed by atoms with Crippen molar-refractivity contribution in [1.82, 2.24) is 5.32 Å². The van der Waals surface area contributed by atoms with Crippen molar-refractivity contribution in [2.24, 2.45) is 4.99 Å². The number of hydrogen-bond acceptors (Lipinski definition) is 8. The molecule has 0 aliphatic rings. The molecule has 10 nitrogen and oxygen atoms in total. The maximum Gasteiger partial charge on any atom is 0.261 e. The zero-order valence-electron chi connectivity index (χ0n) is 15.2. The van der Waals surface area contributed by atoms with Crippen molar-refractivity contribution >= 4 is 54.0 Å². The van der Waals surface area contributed by atoms with Crippen molar-refractivity contribution in [3.8, 4) is 11.9 Å². The van der Waals surface area contributed by atoms with Crippen LogP contribution in [0.3, 0.4) is 0 Å². The molecule has 0 atom stereocenters. The molecule has 0 aliphatic heterocycles. The number of nitriles is 1. The van der Waals surface area contributed by atoms with Crippen LogP contribution >= 0.6 is 11.8 Å². The third-order valence-corrected chi connectivity index (χ3v) is 5.82. The third kappa shape index (κ3) is 6.56. The Morgan fingerprint density at radius 3 is 2.34 bits per heavy atom. The molecule has 2 aromatic carbocycles. The number of nitrogens with zero attached hydrogens (tertiary/aromatic N) is 2. The van der Waals surface area contributed by atoms with Crippen LogP contribution in [0.25, 0.3) is 0 Å². The smallest absolute Gasteiger partial charge is 0.261 e. The van der Waals surface area contributed by atoms with Crippen molar-refractivity contribution in [3.05, 3.63) is 42.5 Å². The SMILES string of the molecule is CSC(=Nc1cc(S(=O)(=O)Nc2cccc(NS(C)(=O)=O)c2)ccc1O)NC#N. The average molecular weight is 456 g/mol. The predicted octanol–water partition coefficient (Wildman–Crippen LogP) is 1.99. The Morgan fingerprint density at radius 1 is 1.10 bits per heavy atom. The maximum atomic E-state index is 12.7. The van der Waals surface area contributed by atoms with Gasteiger partial charge in [0.2, 0.25) is 10.0 Å². The van der Waals surface area contributed by atoms with E-state index in [1.807, 2.05) is 0 Å². The molecule has 2 rings (SSSR count). The molecule has 154 valence electrons. The molecular formula is C16H17N5O5S3. The topological polar surface area (TPSA) is 161 Å². The highest BCUT2D eigenvalue weighted by atomic mass is 32.2. The molecule has 13 heteroatoms. The minimum absolute atomic E-state index is 0.0486. The van der Waals surface area contributed by atoms with E-state index in [0.29, 0.717) is 0 Å². The van der Waals surface area contributed by atoms with E-state index < -0.39 is 20.0 Å². The van der Waals surface area contributed by atoms with Crippen molar-refractivity contribution in [2.45, 2.75) is 4.90 Å². The van der Waals surface area contributed by atoms with Gasteiger partial charge in [0.15, 0.2) is 11.4 Å². The normalized spacial score (nSPS) is 12.1. The van der Waals surface area contributed by atoms with Crippen LogP contribution in [0.1, 0.15) is 0 Å². The second-order valence-electron chi connectivity index (χ2n) is 5.57. The number of sulfonamides is 2. The number of phenolic OH excluding ortho intramolecular Hbond substituents is 1. The Labute approximate surface area is 172 Å². The number of anilines is 2. The fraction of sp³-hybridized carbons (Fsp3) is 0.125. The summed E-state index contributed by atoms with van der Waals surface area (Å²) in [4.78, 5) is 3.84. The first-order valence-electron chi connectivity index (χ1n) is 7.75. The summed E-state index contributed by atoms with van der Waals surface area (Å²) in [6, 6.07) is 9.22. The molecule has 0 amide bonds. The van der Waals surface area contributed by atoms with Crippen molar-refractivity contribution in [2.75, 3.05) is 22.0 Å². The summed E-state index contributed by atoms with van der Waals surface area (Å²) in [6.45, 7) is 0. The molecule has 4 N–H and O–H groups in total. The minimum Gasteiger partial charge on any atom is -0.506 e. The highest BCUT2D eigenvalue weighted by molar-refractivity contribution is 8.13. The Hall–Kier alpha value is -2.95. The van der Waals surface area contributed by atoms with Crippen LogP contribution < -0.4 is 14.8 Å². The van der Waals surface area contributed by atoms with Crippen molar-refractivity contribution < 1.29 is 21.9 Å². The van der Waals surface area contributed by atoms with Gasteiger partial charge in [0.1, 0.15) is 11.4 Å². The lowest BCUT2D eigenvalue weighted by molar-refractivity contribution is 0.476. The predicted molar refractivity (Wildman–Crippen MR) is 113 cm³/mol. The number of thioether (sulfide) groups is 1. The fourth-order valence-electron chi connectivity index (χ4n) is 2.12. The van der Waals surface area contributed by atoms with Crippen molar-refractivity contribution in [1.29, 1.82) is 5.26 Å². The molecule has 29 heavy (non-hydrogen) atoms. The molecule has 0 aliphatic carbocycles. The minimum atomic E-state index is -4.07. The van der Waals surface area contributed by atoms with Crippen molar-refractivity contribution in [3.63, 3.8) is 0 Å². The molecule has 0 heterocycles. The van der Waals surface area contributed by atoms with E-state index >= 15 is 0 Å². The van der Waals surface area contributed by atoms with Crippen LogP contribution in [0.15, 0.2) is 52.4 Å². The number of rotatable bonds is 6. The van der Waals surface area contributed by atoms with Gasteiger partial charge in [0.05, 0.1) is 22.5 Å². The van der Waals surface area contributed by atoms with E-state index in [-0.39, 0.29) is 32.9 Å². The largest absolute Gasteiger partial charge is 0.506 e. The van der Waals surface area contributed by atoms with Gasteiger partial charge in [-0.05, 0) is 42.7 Å². The zero-order chi connectivity index (χ0) is 21.7. The molecule has 0 unspecified atom stereocenters. The summed E-state index contributed by atoms with van der Waals surface area (Å²) >= 11 is 1.10. The van der Waals surface area contributed by atoms with E-state index in [4.69, 9.17) is 5.26 Å². The third-order valence-electron chi connectivity index (χ3n) is 3.25.